The van der Waals surface area contributed by atoms with Crippen LogP contribution < -0.4 is 11.3 Å². The van der Waals surface area contributed by atoms with E-state index in [0.717, 1.165) is 12.3 Å². The summed E-state index contributed by atoms with van der Waals surface area (Å²) in [7, 11) is 1.77. The Labute approximate surface area is 88.1 Å². The predicted molar refractivity (Wildman–Crippen MR) is 63.3 cm³/mol. The minimum atomic E-state index is 0.915. The van der Waals surface area contributed by atoms with Crippen LogP contribution in [-0.2, 0) is 0 Å². The molecular formula is C11H25N3. The molecule has 0 aliphatic carbocycles. The predicted octanol–water partition coefficient (Wildman–Crippen LogP) is 2.62. The third-order valence-corrected chi connectivity index (χ3v) is 2.45. The Morgan fingerprint density at radius 2 is 1.64 bits per heavy atom. The zero-order valence-corrected chi connectivity index (χ0v) is 9.68. The van der Waals surface area contributed by atoms with Crippen LogP contribution in [0.15, 0.2) is 4.99 Å². The molecule has 0 atom stereocenters. The number of aliphatic imine (C=N–C) groups is 1. The van der Waals surface area contributed by atoms with E-state index in [1.807, 2.05) is 0 Å². The van der Waals surface area contributed by atoms with Gasteiger partial charge in [-0.25, -0.2) is 5.84 Å². The number of rotatable bonds is 8. The van der Waals surface area contributed by atoms with E-state index in [4.69, 9.17) is 5.84 Å². The van der Waals surface area contributed by atoms with Gasteiger partial charge in [-0.15, -0.1) is 0 Å². The van der Waals surface area contributed by atoms with Crippen LogP contribution >= 0.6 is 0 Å². The molecule has 0 aromatic rings. The number of unbranched alkanes of at least 4 members (excludes halogenated alkanes) is 6. The van der Waals surface area contributed by atoms with Crippen LogP contribution in [0.5, 0.6) is 0 Å². The highest BCUT2D eigenvalue weighted by Gasteiger charge is 1.95. The fourth-order valence-electron chi connectivity index (χ4n) is 1.50. The molecule has 0 aromatic carbocycles. The number of nitrogens with two attached hydrogens (primary N) is 1. The summed E-state index contributed by atoms with van der Waals surface area (Å²) in [5.41, 5.74) is 2.61. The summed E-state index contributed by atoms with van der Waals surface area (Å²) in [5, 5.41) is 0. The number of hydrazine groups is 1. The molecule has 0 amide bonds. The molecule has 0 aliphatic heterocycles. The van der Waals surface area contributed by atoms with Crippen LogP contribution in [-0.4, -0.2) is 12.9 Å². The molecule has 0 spiro atoms. The lowest BCUT2D eigenvalue weighted by molar-refractivity contribution is 0.593. The first-order chi connectivity index (χ1) is 6.85. The summed E-state index contributed by atoms with van der Waals surface area (Å²) in [6.45, 7) is 2.25. The van der Waals surface area contributed by atoms with Gasteiger partial charge in [0.25, 0.3) is 0 Å². The molecule has 0 heterocycles. The van der Waals surface area contributed by atoms with E-state index < -0.39 is 0 Å². The monoisotopic (exact) mass is 199 g/mol. The zero-order chi connectivity index (χ0) is 10.6. The Morgan fingerprint density at radius 1 is 1.07 bits per heavy atom. The largest absolute Gasteiger partial charge is 0.312 e. The lowest BCUT2D eigenvalue weighted by atomic mass is 10.1. The van der Waals surface area contributed by atoms with E-state index in [0.29, 0.717) is 0 Å². The van der Waals surface area contributed by atoms with Gasteiger partial charge in [0, 0.05) is 13.5 Å². The molecule has 0 aliphatic rings. The van der Waals surface area contributed by atoms with Gasteiger partial charge in [0.2, 0.25) is 0 Å². The van der Waals surface area contributed by atoms with Crippen molar-refractivity contribution in [3.05, 3.63) is 0 Å². The van der Waals surface area contributed by atoms with Crippen molar-refractivity contribution in [3.63, 3.8) is 0 Å². The molecule has 3 heteroatoms. The smallest absolute Gasteiger partial charge is 0.110 e. The second-order valence-electron chi connectivity index (χ2n) is 3.69. The van der Waals surface area contributed by atoms with Crippen molar-refractivity contribution in [1.29, 1.82) is 0 Å². The maximum absolute atomic E-state index is 5.28. The molecule has 0 bridgehead atoms. The Hall–Kier alpha value is -0.570. The molecule has 84 valence electrons. The average molecular weight is 199 g/mol. The standard InChI is InChI=1S/C11H25N3/c1-3-4-5-6-7-8-9-10-11(13-2)14-12/h3-10,12H2,1-2H3,(H,13,14). The van der Waals surface area contributed by atoms with Gasteiger partial charge in [0.1, 0.15) is 5.84 Å². The van der Waals surface area contributed by atoms with Gasteiger partial charge in [0.05, 0.1) is 0 Å². The molecule has 3 nitrogen and oxygen atoms in total. The minimum absolute atomic E-state index is 0.915. The van der Waals surface area contributed by atoms with Gasteiger partial charge in [-0.3, -0.25) is 4.99 Å². The number of hydrogen-bond donors (Lipinski definition) is 2. The summed E-state index contributed by atoms with van der Waals surface area (Å²) in [4.78, 5) is 4.03. The summed E-state index contributed by atoms with van der Waals surface area (Å²) in [5.74, 6) is 6.20. The van der Waals surface area contributed by atoms with Crippen LogP contribution in [0.25, 0.3) is 0 Å². The highest BCUT2D eigenvalue weighted by Crippen LogP contribution is 2.08. The fourth-order valence-corrected chi connectivity index (χ4v) is 1.50. The topological polar surface area (TPSA) is 50.4 Å². The first-order valence-electron chi connectivity index (χ1n) is 5.77. The molecule has 0 aromatic heterocycles. The Morgan fingerprint density at radius 3 is 2.14 bits per heavy atom. The number of nitrogens with zero attached hydrogens (tertiary/aromatic N) is 1. The van der Waals surface area contributed by atoms with Crippen LogP contribution in [0, 0.1) is 0 Å². The maximum atomic E-state index is 5.28. The average Bonchev–Trinajstić information content (AvgIpc) is 2.22. The van der Waals surface area contributed by atoms with Gasteiger partial charge in [0.15, 0.2) is 0 Å². The molecule has 0 radical (unpaired) electrons. The van der Waals surface area contributed by atoms with Crippen molar-refractivity contribution in [3.8, 4) is 0 Å². The van der Waals surface area contributed by atoms with Crippen molar-refractivity contribution in [2.24, 2.45) is 10.8 Å². The van der Waals surface area contributed by atoms with Crippen LogP contribution in [0.1, 0.15) is 58.3 Å². The molecule has 0 saturated carbocycles. The molecule has 14 heavy (non-hydrogen) atoms. The lowest BCUT2D eigenvalue weighted by Crippen LogP contribution is -2.29. The first-order valence-corrected chi connectivity index (χ1v) is 5.77. The van der Waals surface area contributed by atoms with Crippen LogP contribution in [0.3, 0.4) is 0 Å². The minimum Gasteiger partial charge on any atom is -0.312 e. The molecule has 0 unspecified atom stereocenters. The zero-order valence-electron chi connectivity index (χ0n) is 9.68. The Kier molecular flexibility index (Phi) is 10.1. The van der Waals surface area contributed by atoms with E-state index in [1.54, 1.807) is 7.05 Å². The van der Waals surface area contributed by atoms with E-state index >= 15 is 0 Å². The van der Waals surface area contributed by atoms with Gasteiger partial charge in [-0.1, -0.05) is 45.4 Å². The molecule has 0 rings (SSSR count). The Bertz CT molecular complexity index is 143. The quantitative estimate of drug-likeness (QED) is 0.207. The van der Waals surface area contributed by atoms with E-state index in [1.165, 1.54) is 44.9 Å². The number of amidine groups is 1. The summed E-state index contributed by atoms with van der Waals surface area (Å²) >= 11 is 0. The van der Waals surface area contributed by atoms with Crippen molar-refractivity contribution >= 4 is 5.84 Å². The Balaban J connectivity index is 3.13. The van der Waals surface area contributed by atoms with Gasteiger partial charge >= 0.3 is 0 Å². The van der Waals surface area contributed by atoms with Crippen molar-refractivity contribution in [2.45, 2.75) is 58.3 Å². The van der Waals surface area contributed by atoms with Gasteiger partial charge in [-0.05, 0) is 6.42 Å². The second kappa shape index (κ2) is 10.5. The second-order valence-corrected chi connectivity index (χ2v) is 3.69. The lowest BCUT2D eigenvalue weighted by Gasteiger charge is -2.04. The van der Waals surface area contributed by atoms with E-state index in [-0.39, 0.29) is 0 Å². The van der Waals surface area contributed by atoms with Crippen LogP contribution in [0.4, 0.5) is 0 Å². The molecule has 3 N–H and O–H groups in total. The summed E-state index contributed by atoms with van der Waals surface area (Å²) in [6, 6.07) is 0. The summed E-state index contributed by atoms with van der Waals surface area (Å²) in [6.07, 6.45) is 10.3. The SMILES string of the molecule is CCCCCCCCCC(=NC)NN. The van der Waals surface area contributed by atoms with Crippen LogP contribution in [0.2, 0.25) is 0 Å². The molecular weight excluding hydrogens is 174 g/mol. The third kappa shape index (κ3) is 8.05. The highest BCUT2D eigenvalue weighted by atomic mass is 15.2. The molecule has 0 saturated heterocycles. The summed E-state index contributed by atoms with van der Waals surface area (Å²) < 4.78 is 0. The maximum Gasteiger partial charge on any atom is 0.110 e. The van der Waals surface area contributed by atoms with Gasteiger partial charge in [-0.2, -0.15) is 0 Å². The first kappa shape index (κ1) is 13.4. The number of nitrogens with one attached hydrogen (secondary N) is 1. The third-order valence-electron chi connectivity index (χ3n) is 2.45. The van der Waals surface area contributed by atoms with E-state index in [9.17, 15) is 0 Å². The molecule has 0 fully saturated rings. The van der Waals surface area contributed by atoms with E-state index in [2.05, 4.69) is 17.3 Å². The van der Waals surface area contributed by atoms with Crippen molar-refractivity contribution in [2.75, 3.05) is 7.05 Å². The van der Waals surface area contributed by atoms with Gasteiger partial charge < -0.3 is 5.43 Å². The fraction of sp³-hybridized carbons (Fsp3) is 0.909. The van der Waals surface area contributed by atoms with Crippen molar-refractivity contribution in [1.82, 2.24) is 5.43 Å². The normalized spacial score (nSPS) is 11.8. The number of hydrogen-bond acceptors (Lipinski definition) is 2. The highest BCUT2D eigenvalue weighted by molar-refractivity contribution is 5.81. The van der Waals surface area contributed by atoms with Crippen molar-refractivity contribution < 1.29 is 0 Å².